The maximum atomic E-state index is 13.0. The van der Waals surface area contributed by atoms with Crippen LogP contribution in [-0.4, -0.2) is 44.8 Å². The molecule has 1 aromatic carbocycles. The summed E-state index contributed by atoms with van der Waals surface area (Å²) in [5.74, 6) is 1.26. The van der Waals surface area contributed by atoms with Gasteiger partial charge in [-0.15, -0.1) is 11.3 Å². The fourth-order valence-electron chi connectivity index (χ4n) is 4.42. The van der Waals surface area contributed by atoms with Gasteiger partial charge in [-0.05, 0) is 47.4 Å². The van der Waals surface area contributed by atoms with Crippen molar-refractivity contribution >= 4 is 17.2 Å². The molecule has 0 radical (unpaired) electrons. The largest absolute Gasteiger partial charge is 0.363 e. The molecular formula is C22H24N4O3S. The normalized spacial score (nSPS) is 19.6. The molecule has 0 spiro atoms. The Morgan fingerprint density at radius 1 is 1.17 bits per heavy atom. The number of benzene rings is 1. The molecule has 0 saturated carbocycles. The number of hydrogen-bond donors (Lipinski definition) is 1. The number of rotatable bonds is 4. The van der Waals surface area contributed by atoms with Gasteiger partial charge in [0.25, 0.3) is 5.91 Å². The Hall–Kier alpha value is -2.71. The number of likely N-dealkylation sites (tertiary alicyclic amines) is 1. The zero-order valence-electron chi connectivity index (χ0n) is 16.6. The molecular weight excluding hydrogens is 400 g/mol. The highest BCUT2D eigenvalue weighted by Crippen LogP contribution is 2.26. The van der Waals surface area contributed by atoms with Crippen LogP contribution in [0.1, 0.15) is 29.8 Å². The van der Waals surface area contributed by atoms with Crippen LogP contribution in [0.15, 0.2) is 46.6 Å². The van der Waals surface area contributed by atoms with Gasteiger partial charge in [0.2, 0.25) is 0 Å². The predicted molar refractivity (Wildman–Crippen MR) is 114 cm³/mol. The molecule has 1 saturated heterocycles. The van der Waals surface area contributed by atoms with E-state index in [1.54, 1.807) is 4.57 Å². The smallest absolute Gasteiger partial charge is 0.348 e. The lowest BCUT2D eigenvalue weighted by molar-refractivity contribution is -0.147. The molecule has 30 heavy (non-hydrogen) atoms. The van der Waals surface area contributed by atoms with E-state index in [-0.39, 0.29) is 17.7 Å². The SMILES string of the molecule is O=C(C1Cc2ccccc2CO1)N1CCC(Cc2n[nH]c(=O)n2-c2cccs2)CC1. The van der Waals surface area contributed by atoms with Gasteiger partial charge in [-0.2, -0.15) is 5.10 Å². The van der Waals surface area contributed by atoms with Gasteiger partial charge in [-0.1, -0.05) is 24.3 Å². The van der Waals surface area contributed by atoms with Crippen LogP contribution in [-0.2, 0) is 29.0 Å². The van der Waals surface area contributed by atoms with Crippen molar-refractivity contribution in [2.45, 2.75) is 38.4 Å². The van der Waals surface area contributed by atoms with Crippen molar-refractivity contribution < 1.29 is 9.53 Å². The van der Waals surface area contributed by atoms with Crippen molar-refractivity contribution in [3.05, 3.63) is 69.2 Å². The summed E-state index contributed by atoms with van der Waals surface area (Å²) < 4.78 is 7.52. The zero-order chi connectivity index (χ0) is 20.5. The number of ether oxygens (including phenoxy) is 1. The number of piperidine rings is 1. The number of amides is 1. The third-order valence-corrected chi connectivity index (χ3v) is 6.96. The number of thiophene rings is 1. The number of aromatic nitrogens is 3. The summed E-state index contributed by atoms with van der Waals surface area (Å²) in [7, 11) is 0. The molecule has 1 fully saturated rings. The summed E-state index contributed by atoms with van der Waals surface area (Å²) in [6.45, 7) is 1.94. The van der Waals surface area contributed by atoms with Crippen LogP contribution >= 0.6 is 11.3 Å². The van der Waals surface area contributed by atoms with Gasteiger partial charge in [0.1, 0.15) is 16.9 Å². The first kappa shape index (κ1) is 19.3. The minimum atomic E-state index is -0.383. The number of aromatic amines is 1. The highest BCUT2D eigenvalue weighted by atomic mass is 32.1. The van der Waals surface area contributed by atoms with E-state index in [0.29, 0.717) is 18.9 Å². The number of hydrogen-bond acceptors (Lipinski definition) is 5. The third-order valence-electron chi connectivity index (χ3n) is 6.10. The van der Waals surface area contributed by atoms with E-state index < -0.39 is 0 Å². The van der Waals surface area contributed by atoms with Crippen molar-refractivity contribution in [2.24, 2.45) is 5.92 Å². The van der Waals surface area contributed by atoms with Crippen LogP contribution in [0.2, 0.25) is 0 Å². The van der Waals surface area contributed by atoms with Crippen LogP contribution in [0.3, 0.4) is 0 Å². The first-order valence-corrected chi connectivity index (χ1v) is 11.2. The van der Waals surface area contributed by atoms with E-state index in [4.69, 9.17) is 4.74 Å². The van der Waals surface area contributed by atoms with Crippen LogP contribution in [0, 0.1) is 5.92 Å². The first-order valence-electron chi connectivity index (χ1n) is 10.4. The van der Waals surface area contributed by atoms with Gasteiger partial charge in [0, 0.05) is 25.9 Å². The van der Waals surface area contributed by atoms with Crippen LogP contribution < -0.4 is 5.69 Å². The summed E-state index contributed by atoms with van der Waals surface area (Å²) in [5, 5.41) is 9.66. The van der Waals surface area contributed by atoms with Gasteiger partial charge >= 0.3 is 5.69 Å². The number of nitrogens with one attached hydrogen (secondary N) is 1. The Morgan fingerprint density at radius 3 is 2.73 bits per heavy atom. The standard InChI is InChI=1S/C22H24N4O3S/c27-21(18-13-16-4-1-2-5-17(16)14-29-18)25-9-7-15(8-10-25)12-19-23-24-22(28)26(19)20-6-3-11-30-20/h1-6,11,15,18H,7-10,12-14H2,(H,24,28). The van der Waals surface area contributed by atoms with E-state index in [2.05, 4.69) is 22.3 Å². The Bertz CT molecular complexity index is 1080. The zero-order valence-corrected chi connectivity index (χ0v) is 17.4. The monoisotopic (exact) mass is 424 g/mol. The average molecular weight is 425 g/mol. The minimum Gasteiger partial charge on any atom is -0.363 e. The molecule has 0 aliphatic carbocycles. The van der Waals surface area contributed by atoms with Crippen LogP contribution in [0.5, 0.6) is 0 Å². The molecule has 2 aliphatic rings. The van der Waals surface area contributed by atoms with Gasteiger partial charge < -0.3 is 9.64 Å². The summed E-state index contributed by atoms with van der Waals surface area (Å²) in [6, 6.07) is 12.0. The molecule has 1 N–H and O–H groups in total. The summed E-state index contributed by atoms with van der Waals surface area (Å²) >= 11 is 1.52. The molecule has 1 amide bonds. The molecule has 1 unspecified atom stereocenters. The highest BCUT2D eigenvalue weighted by Gasteiger charge is 2.32. The van der Waals surface area contributed by atoms with Gasteiger partial charge in [0.15, 0.2) is 0 Å². The molecule has 156 valence electrons. The lowest BCUT2D eigenvalue weighted by Crippen LogP contribution is -2.46. The molecule has 1 atom stereocenters. The average Bonchev–Trinajstić information content (AvgIpc) is 3.43. The fraction of sp³-hybridized carbons (Fsp3) is 0.409. The van der Waals surface area contributed by atoms with E-state index in [1.807, 2.05) is 34.5 Å². The number of nitrogens with zero attached hydrogens (tertiary/aromatic N) is 3. The Kier molecular flexibility index (Phi) is 5.26. The van der Waals surface area contributed by atoms with Crippen molar-refractivity contribution in [3.63, 3.8) is 0 Å². The predicted octanol–water partition coefficient (Wildman–Crippen LogP) is 2.54. The van der Waals surface area contributed by atoms with Gasteiger partial charge in [-0.25, -0.2) is 14.5 Å². The minimum absolute atomic E-state index is 0.0956. The molecule has 7 nitrogen and oxygen atoms in total. The third kappa shape index (κ3) is 3.73. The lowest BCUT2D eigenvalue weighted by Gasteiger charge is -2.35. The second-order valence-electron chi connectivity index (χ2n) is 7.98. The maximum Gasteiger partial charge on any atom is 0.348 e. The molecule has 3 aromatic rings. The van der Waals surface area contributed by atoms with E-state index in [1.165, 1.54) is 22.5 Å². The summed E-state index contributed by atoms with van der Waals surface area (Å²) in [6.07, 6.45) is 2.80. The Labute approximate surface area is 178 Å². The molecule has 8 heteroatoms. The quantitative estimate of drug-likeness (QED) is 0.698. The summed E-state index contributed by atoms with van der Waals surface area (Å²) in [5.41, 5.74) is 2.19. The number of fused-ring (bicyclic) bond motifs is 1. The highest BCUT2D eigenvalue weighted by molar-refractivity contribution is 7.12. The van der Waals surface area contributed by atoms with Crippen molar-refractivity contribution in [2.75, 3.05) is 13.1 Å². The molecule has 5 rings (SSSR count). The van der Waals surface area contributed by atoms with E-state index >= 15 is 0 Å². The van der Waals surface area contributed by atoms with Gasteiger partial charge in [0.05, 0.1) is 6.61 Å². The van der Waals surface area contributed by atoms with Crippen molar-refractivity contribution in [1.82, 2.24) is 19.7 Å². The second kappa shape index (κ2) is 8.20. The molecule has 4 heterocycles. The number of carbonyl (C=O) groups is 1. The number of H-pyrrole nitrogens is 1. The van der Waals surface area contributed by atoms with Crippen LogP contribution in [0.4, 0.5) is 0 Å². The second-order valence-corrected chi connectivity index (χ2v) is 8.90. The van der Waals surface area contributed by atoms with Crippen LogP contribution in [0.25, 0.3) is 5.00 Å². The molecule has 2 aromatic heterocycles. The van der Waals surface area contributed by atoms with Crippen molar-refractivity contribution in [3.8, 4) is 5.00 Å². The maximum absolute atomic E-state index is 13.0. The first-order chi connectivity index (χ1) is 14.7. The lowest BCUT2D eigenvalue weighted by atomic mass is 9.92. The van der Waals surface area contributed by atoms with E-state index in [9.17, 15) is 9.59 Å². The Balaban J connectivity index is 1.20. The summed E-state index contributed by atoms with van der Waals surface area (Å²) in [4.78, 5) is 27.1. The molecule has 0 bridgehead atoms. The molecule has 2 aliphatic heterocycles. The van der Waals surface area contributed by atoms with E-state index in [0.717, 1.165) is 43.2 Å². The van der Waals surface area contributed by atoms with Crippen molar-refractivity contribution in [1.29, 1.82) is 0 Å². The van der Waals surface area contributed by atoms with Gasteiger partial charge in [-0.3, -0.25) is 4.79 Å². The number of carbonyl (C=O) groups excluding carboxylic acids is 1. The Morgan fingerprint density at radius 2 is 1.97 bits per heavy atom. The topological polar surface area (TPSA) is 80.2 Å². The fourth-order valence-corrected chi connectivity index (χ4v) is 5.16.